The molecule has 0 heterocycles. The minimum Gasteiger partial charge on any atom is -0.496 e. The van der Waals surface area contributed by atoms with Crippen LogP contribution in [-0.4, -0.2) is 32.4 Å². The zero-order valence-corrected chi connectivity index (χ0v) is 11.1. The van der Waals surface area contributed by atoms with Gasteiger partial charge in [0.15, 0.2) is 9.84 Å². The van der Waals surface area contributed by atoms with E-state index in [-0.39, 0.29) is 11.5 Å². The molecule has 0 aliphatic heterocycles. The quantitative estimate of drug-likeness (QED) is 0.845. The molecule has 0 radical (unpaired) electrons. The van der Waals surface area contributed by atoms with Crippen molar-refractivity contribution in [3.8, 4) is 5.75 Å². The fourth-order valence-corrected chi connectivity index (χ4v) is 3.30. The Labute approximate surface area is 106 Å². The number of hydrogen-bond acceptors (Lipinski definition) is 4. The molecule has 0 spiro atoms. The second kappa shape index (κ2) is 5.86. The molecule has 0 saturated heterocycles. The van der Waals surface area contributed by atoms with Crippen molar-refractivity contribution in [1.82, 2.24) is 0 Å². The zero-order valence-electron chi connectivity index (χ0n) is 10.3. The molecule has 1 rings (SSSR count). The van der Waals surface area contributed by atoms with E-state index in [1.807, 2.05) is 0 Å². The standard InChI is InChI=1S/C12H16O5S/c1-9(12(13)14)7-18(15,16)8-10-5-3-4-6-11(10)17-2/h3-6,9H,7-8H2,1-2H3,(H,13,14). The van der Waals surface area contributed by atoms with Crippen molar-refractivity contribution in [3.05, 3.63) is 29.8 Å². The van der Waals surface area contributed by atoms with Gasteiger partial charge in [0.2, 0.25) is 0 Å². The Hall–Kier alpha value is -1.56. The minimum atomic E-state index is -3.47. The lowest BCUT2D eigenvalue weighted by Crippen LogP contribution is -2.22. The highest BCUT2D eigenvalue weighted by Gasteiger charge is 2.22. The van der Waals surface area contributed by atoms with Crippen molar-refractivity contribution in [3.63, 3.8) is 0 Å². The molecule has 1 aromatic rings. The number of sulfone groups is 1. The maximum atomic E-state index is 11.9. The van der Waals surface area contributed by atoms with E-state index < -0.39 is 21.7 Å². The number of carbonyl (C=O) groups is 1. The number of benzene rings is 1. The van der Waals surface area contributed by atoms with Crippen LogP contribution in [-0.2, 0) is 20.4 Å². The van der Waals surface area contributed by atoms with Crippen LogP contribution in [0.25, 0.3) is 0 Å². The van der Waals surface area contributed by atoms with Crippen molar-refractivity contribution in [2.45, 2.75) is 12.7 Å². The maximum Gasteiger partial charge on any atom is 0.307 e. The molecule has 100 valence electrons. The van der Waals surface area contributed by atoms with Gasteiger partial charge in [0.1, 0.15) is 5.75 Å². The highest BCUT2D eigenvalue weighted by molar-refractivity contribution is 7.90. The van der Waals surface area contributed by atoms with Gasteiger partial charge < -0.3 is 9.84 Å². The summed E-state index contributed by atoms with van der Waals surface area (Å²) in [6.45, 7) is 1.38. The first-order valence-electron chi connectivity index (χ1n) is 5.41. The van der Waals surface area contributed by atoms with Crippen LogP contribution in [0.15, 0.2) is 24.3 Å². The van der Waals surface area contributed by atoms with Gasteiger partial charge >= 0.3 is 5.97 Å². The molecule has 0 fully saturated rings. The number of hydrogen-bond donors (Lipinski definition) is 1. The monoisotopic (exact) mass is 272 g/mol. The van der Waals surface area contributed by atoms with Crippen LogP contribution >= 0.6 is 0 Å². The third-order valence-corrected chi connectivity index (χ3v) is 4.25. The Kier molecular flexibility index (Phi) is 4.72. The van der Waals surface area contributed by atoms with Gasteiger partial charge in [-0.15, -0.1) is 0 Å². The number of carboxylic acid groups (broad SMARTS) is 1. The molecule has 1 unspecified atom stereocenters. The lowest BCUT2D eigenvalue weighted by atomic mass is 10.2. The Bertz CT molecular complexity index is 521. The van der Waals surface area contributed by atoms with E-state index in [1.54, 1.807) is 24.3 Å². The van der Waals surface area contributed by atoms with Crippen molar-refractivity contribution >= 4 is 15.8 Å². The van der Waals surface area contributed by atoms with Crippen molar-refractivity contribution < 1.29 is 23.1 Å². The number of para-hydroxylation sites is 1. The van der Waals surface area contributed by atoms with E-state index in [0.717, 1.165) is 0 Å². The molecule has 0 aliphatic carbocycles. The third kappa shape index (κ3) is 4.03. The summed E-state index contributed by atoms with van der Waals surface area (Å²) in [7, 11) is -2.01. The highest BCUT2D eigenvalue weighted by atomic mass is 32.2. The summed E-state index contributed by atoms with van der Waals surface area (Å²) in [5.74, 6) is -2.12. The molecule has 1 atom stereocenters. The summed E-state index contributed by atoms with van der Waals surface area (Å²) in [5, 5.41) is 8.72. The molecule has 6 heteroatoms. The average Bonchev–Trinajstić information content (AvgIpc) is 2.28. The molecular formula is C12H16O5S. The van der Waals surface area contributed by atoms with Crippen LogP contribution in [0, 0.1) is 5.92 Å². The number of carboxylic acids is 1. The van der Waals surface area contributed by atoms with Gasteiger partial charge in [-0.2, -0.15) is 0 Å². The Balaban J connectivity index is 2.86. The summed E-state index contributed by atoms with van der Waals surface area (Å²) >= 11 is 0. The highest BCUT2D eigenvalue weighted by Crippen LogP contribution is 2.20. The molecule has 0 amide bonds. The predicted molar refractivity (Wildman–Crippen MR) is 67.3 cm³/mol. The van der Waals surface area contributed by atoms with E-state index in [0.29, 0.717) is 11.3 Å². The van der Waals surface area contributed by atoms with Gasteiger partial charge in [-0.1, -0.05) is 25.1 Å². The van der Waals surface area contributed by atoms with Gasteiger partial charge in [-0.3, -0.25) is 4.79 Å². The molecular weight excluding hydrogens is 256 g/mol. The third-order valence-electron chi connectivity index (χ3n) is 2.49. The first-order valence-corrected chi connectivity index (χ1v) is 7.23. The van der Waals surface area contributed by atoms with Crippen LogP contribution < -0.4 is 4.74 Å². The molecule has 5 nitrogen and oxygen atoms in total. The normalized spacial score (nSPS) is 13.0. The fourth-order valence-electron chi connectivity index (χ4n) is 1.57. The minimum absolute atomic E-state index is 0.214. The number of ether oxygens (including phenoxy) is 1. The number of aliphatic carboxylic acids is 1. The number of methoxy groups -OCH3 is 1. The smallest absolute Gasteiger partial charge is 0.307 e. The van der Waals surface area contributed by atoms with E-state index in [9.17, 15) is 13.2 Å². The van der Waals surface area contributed by atoms with E-state index in [2.05, 4.69) is 0 Å². The van der Waals surface area contributed by atoms with Crippen LogP contribution in [0.2, 0.25) is 0 Å². The topological polar surface area (TPSA) is 80.7 Å². The van der Waals surface area contributed by atoms with E-state index in [4.69, 9.17) is 9.84 Å². The van der Waals surface area contributed by atoms with Crippen molar-refractivity contribution in [2.24, 2.45) is 5.92 Å². The Morgan fingerprint density at radius 3 is 2.56 bits per heavy atom. The van der Waals surface area contributed by atoms with Crippen LogP contribution in [0.3, 0.4) is 0 Å². The van der Waals surface area contributed by atoms with Crippen LogP contribution in [0.4, 0.5) is 0 Å². The van der Waals surface area contributed by atoms with E-state index >= 15 is 0 Å². The zero-order chi connectivity index (χ0) is 13.8. The first kappa shape index (κ1) is 14.5. The van der Waals surface area contributed by atoms with Gasteiger partial charge in [-0.25, -0.2) is 8.42 Å². The summed E-state index contributed by atoms with van der Waals surface area (Å²) in [6.07, 6.45) is 0. The molecule has 0 bridgehead atoms. The first-order chi connectivity index (χ1) is 8.35. The lowest BCUT2D eigenvalue weighted by Gasteiger charge is -2.10. The van der Waals surface area contributed by atoms with Crippen molar-refractivity contribution in [1.29, 1.82) is 0 Å². The molecule has 18 heavy (non-hydrogen) atoms. The molecule has 1 N–H and O–H groups in total. The lowest BCUT2D eigenvalue weighted by molar-refractivity contribution is -0.140. The predicted octanol–water partition coefficient (Wildman–Crippen LogP) is 1.33. The van der Waals surface area contributed by atoms with E-state index in [1.165, 1.54) is 14.0 Å². The number of rotatable bonds is 6. The second-order valence-electron chi connectivity index (χ2n) is 4.11. The summed E-state index contributed by atoms with van der Waals surface area (Å²) < 4.78 is 28.8. The van der Waals surface area contributed by atoms with Gasteiger partial charge in [0, 0.05) is 5.56 Å². The molecule has 0 aliphatic rings. The largest absolute Gasteiger partial charge is 0.496 e. The SMILES string of the molecule is COc1ccccc1CS(=O)(=O)CC(C)C(=O)O. The second-order valence-corrected chi connectivity index (χ2v) is 6.21. The van der Waals surface area contributed by atoms with Crippen LogP contribution in [0.1, 0.15) is 12.5 Å². The summed E-state index contributed by atoms with van der Waals surface area (Å²) in [6, 6.07) is 6.79. The average molecular weight is 272 g/mol. The fraction of sp³-hybridized carbons (Fsp3) is 0.417. The van der Waals surface area contributed by atoms with Gasteiger partial charge in [0.05, 0.1) is 24.5 Å². The molecule has 0 saturated carbocycles. The molecule has 1 aromatic carbocycles. The Morgan fingerprint density at radius 2 is 2.00 bits per heavy atom. The van der Waals surface area contributed by atoms with Crippen LogP contribution in [0.5, 0.6) is 5.75 Å². The van der Waals surface area contributed by atoms with Gasteiger partial charge in [0.25, 0.3) is 0 Å². The Morgan fingerprint density at radius 1 is 1.39 bits per heavy atom. The maximum absolute atomic E-state index is 11.9. The van der Waals surface area contributed by atoms with Crippen molar-refractivity contribution in [2.75, 3.05) is 12.9 Å². The molecule has 0 aromatic heterocycles. The van der Waals surface area contributed by atoms with Gasteiger partial charge in [-0.05, 0) is 6.07 Å². The summed E-state index contributed by atoms with van der Waals surface area (Å²) in [5.41, 5.74) is 0.539. The summed E-state index contributed by atoms with van der Waals surface area (Å²) in [4.78, 5) is 10.7.